The SMILES string of the molecule is Cc1nc(C)c(C(Br)Cc2ccccc2Cl)s1. The van der Waals surface area contributed by atoms with E-state index in [4.69, 9.17) is 11.6 Å². The number of halogens is 2. The number of thiazole rings is 1. The fourth-order valence-corrected chi connectivity index (χ4v) is 3.87. The van der Waals surface area contributed by atoms with Crippen LogP contribution in [-0.4, -0.2) is 4.98 Å². The van der Waals surface area contributed by atoms with Gasteiger partial charge in [0.25, 0.3) is 0 Å². The van der Waals surface area contributed by atoms with Gasteiger partial charge in [0.2, 0.25) is 0 Å². The lowest BCUT2D eigenvalue weighted by Gasteiger charge is -2.09. The van der Waals surface area contributed by atoms with Gasteiger partial charge in [-0.1, -0.05) is 45.7 Å². The van der Waals surface area contributed by atoms with Crippen LogP contribution >= 0.6 is 38.9 Å². The normalized spacial score (nSPS) is 12.7. The van der Waals surface area contributed by atoms with Crippen molar-refractivity contribution in [2.75, 3.05) is 0 Å². The average molecular weight is 331 g/mol. The molecule has 1 aromatic heterocycles. The van der Waals surface area contributed by atoms with Crippen LogP contribution in [0.25, 0.3) is 0 Å². The lowest BCUT2D eigenvalue weighted by atomic mass is 10.1. The molecule has 0 radical (unpaired) electrons. The van der Waals surface area contributed by atoms with E-state index in [1.165, 1.54) is 10.4 Å². The Balaban J connectivity index is 2.20. The maximum atomic E-state index is 6.17. The molecule has 1 unspecified atom stereocenters. The molecular weight excluding hydrogens is 318 g/mol. The first-order valence-electron chi connectivity index (χ1n) is 5.39. The molecule has 0 saturated carbocycles. The van der Waals surface area contributed by atoms with E-state index < -0.39 is 0 Å². The van der Waals surface area contributed by atoms with Crippen molar-refractivity contribution in [3.63, 3.8) is 0 Å². The largest absolute Gasteiger partial charge is 0.247 e. The van der Waals surface area contributed by atoms with Gasteiger partial charge in [-0.3, -0.25) is 0 Å². The number of aromatic nitrogens is 1. The summed E-state index contributed by atoms with van der Waals surface area (Å²) >= 11 is 11.6. The zero-order valence-electron chi connectivity index (χ0n) is 9.71. The molecule has 0 spiro atoms. The minimum atomic E-state index is 0.286. The first-order valence-corrected chi connectivity index (χ1v) is 7.50. The van der Waals surface area contributed by atoms with Gasteiger partial charge in [-0.25, -0.2) is 4.98 Å². The van der Waals surface area contributed by atoms with Crippen LogP contribution in [0.15, 0.2) is 24.3 Å². The monoisotopic (exact) mass is 329 g/mol. The minimum absolute atomic E-state index is 0.286. The van der Waals surface area contributed by atoms with Gasteiger partial charge in [0.15, 0.2) is 0 Å². The lowest BCUT2D eigenvalue weighted by molar-refractivity contribution is 0.950. The second kappa shape index (κ2) is 5.51. The van der Waals surface area contributed by atoms with E-state index in [-0.39, 0.29) is 4.83 Å². The Kier molecular flexibility index (Phi) is 4.23. The predicted molar refractivity (Wildman–Crippen MR) is 78.4 cm³/mol. The minimum Gasteiger partial charge on any atom is -0.247 e. The summed E-state index contributed by atoms with van der Waals surface area (Å²) in [7, 11) is 0. The molecule has 0 saturated heterocycles. The van der Waals surface area contributed by atoms with Crippen LogP contribution in [-0.2, 0) is 6.42 Å². The highest BCUT2D eigenvalue weighted by Crippen LogP contribution is 2.35. The van der Waals surface area contributed by atoms with E-state index in [1.807, 2.05) is 25.1 Å². The van der Waals surface area contributed by atoms with Crippen molar-refractivity contribution in [3.05, 3.63) is 50.4 Å². The van der Waals surface area contributed by atoms with E-state index in [1.54, 1.807) is 11.3 Å². The fourth-order valence-electron chi connectivity index (χ4n) is 1.79. The highest BCUT2D eigenvalue weighted by molar-refractivity contribution is 9.09. The van der Waals surface area contributed by atoms with Crippen molar-refractivity contribution in [2.24, 2.45) is 0 Å². The van der Waals surface area contributed by atoms with E-state index in [9.17, 15) is 0 Å². The fraction of sp³-hybridized carbons (Fsp3) is 0.308. The zero-order valence-corrected chi connectivity index (χ0v) is 12.9. The Morgan fingerprint density at radius 1 is 1.35 bits per heavy atom. The first-order chi connectivity index (χ1) is 8.08. The molecule has 1 atom stereocenters. The Morgan fingerprint density at radius 3 is 2.65 bits per heavy atom. The van der Waals surface area contributed by atoms with E-state index >= 15 is 0 Å². The van der Waals surface area contributed by atoms with Crippen LogP contribution < -0.4 is 0 Å². The van der Waals surface area contributed by atoms with Crippen LogP contribution in [0, 0.1) is 13.8 Å². The van der Waals surface area contributed by atoms with E-state index in [2.05, 4.69) is 33.9 Å². The molecule has 0 fully saturated rings. The number of hydrogen-bond donors (Lipinski definition) is 0. The molecule has 0 aliphatic heterocycles. The average Bonchev–Trinajstić information content (AvgIpc) is 2.61. The second-order valence-electron chi connectivity index (χ2n) is 3.95. The highest BCUT2D eigenvalue weighted by Gasteiger charge is 2.16. The summed E-state index contributed by atoms with van der Waals surface area (Å²) in [4.78, 5) is 6.03. The molecule has 2 rings (SSSR count). The van der Waals surface area contributed by atoms with Crippen LogP contribution in [0.2, 0.25) is 5.02 Å². The van der Waals surface area contributed by atoms with Crippen molar-refractivity contribution in [1.29, 1.82) is 0 Å². The second-order valence-corrected chi connectivity index (χ2v) is 6.69. The third-order valence-electron chi connectivity index (χ3n) is 2.58. The van der Waals surface area contributed by atoms with Gasteiger partial charge in [-0.15, -0.1) is 11.3 Å². The van der Waals surface area contributed by atoms with Gasteiger partial charge in [0.1, 0.15) is 0 Å². The molecule has 4 heteroatoms. The van der Waals surface area contributed by atoms with Gasteiger partial charge >= 0.3 is 0 Å². The molecular formula is C13H13BrClNS. The molecule has 17 heavy (non-hydrogen) atoms. The summed E-state index contributed by atoms with van der Waals surface area (Å²) in [6.07, 6.45) is 0.891. The molecule has 1 heterocycles. The quantitative estimate of drug-likeness (QED) is 0.714. The molecule has 1 aromatic carbocycles. The highest BCUT2D eigenvalue weighted by atomic mass is 79.9. The molecule has 0 N–H and O–H groups in total. The van der Waals surface area contributed by atoms with E-state index in [0.717, 1.165) is 22.1 Å². The Bertz CT molecular complexity index is 524. The third kappa shape index (κ3) is 3.09. The topological polar surface area (TPSA) is 12.9 Å². The van der Waals surface area contributed by atoms with Gasteiger partial charge in [0.05, 0.1) is 15.5 Å². The molecule has 0 amide bonds. The van der Waals surface area contributed by atoms with Crippen LogP contribution in [0.5, 0.6) is 0 Å². The predicted octanol–water partition coefficient (Wildman–Crippen LogP) is 5.09. The molecule has 0 aliphatic rings. The summed E-state index contributed by atoms with van der Waals surface area (Å²) in [5.74, 6) is 0. The Morgan fingerprint density at radius 2 is 2.06 bits per heavy atom. The maximum Gasteiger partial charge on any atom is 0.0900 e. The number of rotatable bonds is 3. The molecule has 1 nitrogen and oxygen atoms in total. The summed E-state index contributed by atoms with van der Waals surface area (Å²) in [6, 6.07) is 7.98. The number of hydrogen-bond acceptors (Lipinski definition) is 2. The van der Waals surface area contributed by atoms with Crippen LogP contribution in [0.1, 0.15) is 26.0 Å². The Hall–Kier alpha value is -0.380. The van der Waals surface area contributed by atoms with Crippen molar-refractivity contribution in [2.45, 2.75) is 25.1 Å². The van der Waals surface area contributed by atoms with Crippen molar-refractivity contribution >= 4 is 38.9 Å². The standard InChI is InChI=1S/C13H13BrClNS/c1-8-13(17-9(2)16-8)11(14)7-10-5-3-4-6-12(10)15/h3-6,11H,7H2,1-2H3. The summed E-state index contributed by atoms with van der Waals surface area (Å²) in [5, 5.41) is 1.94. The molecule has 0 aliphatic carbocycles. The van der Waals surface area contributed by atoms with Gasteiger partial charge in [0, 0.05) is 9.90 Å². The summed E-state index contributed by atoms with van der Waals surface area (Å²) < 4.78 is 0. The van der Waals surface area contributed by atoms with Gasteiger partial charge in [-0.05, 0) is 31.9 Å². The number of benzene rings is 1. The summed E-state index contributed by atoms with van der Waals surface area (Å²) in [5.41, 5.74) is 2.28. The zero-order chi connectivity index (χ0) is 12.4. The number of alkyl halides is 1. The molecule has 90 valence electrons. The maximum absolute atomic E-state index is 6.17. The number of nitrogens with zero attached hydrogens (tertiary/aromatic N) is 1. The van der Waals surface area contributed by atoms with Crippen molar-refractivity contribution in [1.82, 2.24) is 4.98 Å². The number of aryl methyl sites for hydroxylation is 2. The van der Waals surface area contributed by atoms with Crippen molar-refractivity contribution < 1.29 is 0 Å². The van der Waals surface area contributed by atoms with Gasteiger partial charge < -0.3 is 0 Å². The van der Waals surface area contributed by atoms with Gasteiger partial charge in [-0.2, -0.15) is 0 Å². The summed E-state index contributed by atoms with van der Waals surface area (Å²) in [6.45, 7) is 4.09. The van der Waals surface area contributed by atoms with Crippen LogP contribution in [0.4, 0.5) is 0 Å². The smallest absolute Gasteiger partial charge is 0.0900 e. The Labute approximate surface area is 119 Å². The third-order valence-corrected chi connectivity index (χ3v) is 5.22. The molecule has 0 bridgehead atoms. The molecule has 2 aromatic rings. The first kappa shape index (κ1) is 13.1. The van der Waals surface area contributed by atoms with E-state index in [0.29, 0.717) is 0 Å². The van der Waals surface area contributed by atoms with Crippen LogP contribution in [0.3, 0.4) is 0 Å². The lowest BCUT2D eigenvalue weighted by Crippen LogP contribution is -1.95. The van der Waals surface area contributed by atoms with Crippen molar-refractivity contribution in [3.8, 4) is 0 Å².